The second-order valence-corrected chi connectivity index (χ2v) is 4.72. The average Bonchev–Trinajstić information content (AvgIpc) is 2.42. The van der Waals surface area contributed by atoms with Crippen molar-refractivity contribution in [1.29, 1.82) is 0 Å². The third-order valence-electron chi connectivity index (χ3n) is 3.36. The van der Waals surface area contributed by atoms with Gasteiger partial charge in [-0.1, -0.05) is 6.92 Å². The van der Waals surface area contributed by atoms with Crippen LogP contribution in [0.3, 0.4) is 0 Å². The van der Waals surface area contributed by atoms with E-state index >= 15 is 0 Å². The van der Waals surface area contributed by atoms with Gasteiger partial charge in [-0.3, -0.25) is 4.79 Å². The van der Waals surface area contributed by atoms with Gasteiger partial charge in [0.2, 0.25) is 5.91 Å². The standard InChI is InChI=1S/C14H18F2N2O/c1-2-3-14(19)18-8-6-17(7-9-18)11-4-5-12(15)13(16)10-11/h4-5,10H,2-3,6-9H2,1H3. The van der Waals surface area contributed by atoms with Crippen LogP contribution < -0.4 is 4.90 Å². The molecule has 3 nitrogen and oxygen atoms in total. The number of carbonyl (C=O) groups is 1. The number of hydrogen-bond donors (Lipinski definition) is 0. The van der Waals surface area contributed by atoms with E-state index < -0.39 is 11.6 Å². The van der Waals surface area contributed by atoms with Crippen LogP contribution >= 0.6 is 0 Å². The molecule has 0 aliphatic carbocycles. The first kappa shape index (κ1) is 13.8. The quantitative estimate of drug-likeness (QED) is 0.840. The summed E-state index contributed by atoms with van der Waals surface area (Å²) in [6, 6.07) is 3.92. The molecule has 1 aromatic rings. The lowest BCUT2D eigenvalue weighted by Crippen LogP contribution is -2.48. The first-order chi connectivity index (χ1) is 9.11. The molecule has 0 radical (unpaired) electrons. The molecule has 5 heteroatoms. The minimum absolute atomic E-state index is 0.174. The highest BCUT2D eigenvalue weighted by molar-refractivity contribution is 5.76. The minimum atomic E-state index is -0.833. The molecule has 0 unspecified atom stereocenters. The van der Waals surface area contributed by atoms with Crippen LogP contribution in [0.15, 0.2) is 18.2 Å². The van der Waals surface area contributed by atoms with Crippen LogP contribution in [0.2, 0.25) is 0 Å². The third-order valence-corrected chi connectivity index (χ3v) is 3.36. The third kappa shape index (κ3) is 3.22. The van der Waals surface area contributed by atoms with Gasteiger partial charge in [0.15, 0.2) is 11.6 Å². The molecule has 0 aromatic heterocycles. The van der Waals surface area contributed by atoms with Crippen molar-refractivity contribution in [3.8, 4) is 0 Å². The first-order valence-electron chi connectivity index (χ1n) is 6.59. The molecule has 1 aliphatic heterocycles. The van der Waals surface area contributed by atoms with E-state index in [-0.39, 0.29) is 5.91 Å². The molecular weight excluding hydrogens is 250 g/mol. The number of rotatable bonds is 3. The van der Waals surface area contributed by atoms with Crippen LogP contribution in [-0.4, -0.2) is 37.0 Å². The van der Waals surface area contributed by atoms with Gasteiger partial charge in [0.25, 0.3) is 0 Å². The molecular formula is C14H18F2N2O. The van der Waals surface area contributed by atoms with Gasteiger partial charge in [0.05, 0.1) is 0 Å². The van der Waals surface area contributed by atoms with Crippen LogP contribution in [0.25, 0.3) is 0 Å². The van der Waals surface area contributed by atoms with Crippen molar-refractivity contribution in [3.05, 3.63) is 29.8 Å². The maximum absolute atomic E-state index is 13.2. The Morgan fingerprint density at radius 1 is 1.16 bits per heavy atom. The van der Waals surface area contributed by atoms with Crippen molar-refractivity contribution in [3.63, 3.8) is 0 Å². The van der Waals surface area contributed by atoms with Crippen LogP contribution in [-0.2, 0) is 4.79 Å². The zero-order chi connectivity index (χ0) is 13.8. The molecule has 0 atom stereocenters. The molecule has 1 aromatic carbocycles. The largest absolute Gasteiger partial charge is 0.368 e. The van der Waals surface area contributed by atoms with Gasteiger partial charge in [-0.05, 0) is 18.6 Å². The molecule has 2 rings (SSSR count). The number of nitrogens with zero attached hydrogens (tertiary/aromatic N) is 2. The predicted octanol–water partition coefficient (Wildman–Crippen LogP) is 2.41. The van der Waals surface area contributed by atoms with E-state index in [2.05, 4.69) is 0 Å². The molecule has 0 spiro atoms. The lowest BCUT2D eigenvalue weighted by molar-refractivity contribution is -0.131. The summed E-state index contributed by atoms with van der Waals surface area (Å²) in [6.45, 7) is 4.56. The Balaban J connectivity index is 1.96. The number of carbonyl (C=O) groups excluding carboxylic acids is 1. The maximum Gasteiger partial charge on any atom is 0.222 e. The number of hydrogen-bond acceptors (Lipinski definition) is 2. The molecule has 1 amide bonds. The second kappa shape index (κ2) is 5.99. The van der Waals surface area contributed by atoms with E-state index in [0.717, 1.165) is 12.5 Å². The molecule has 104 valence electrons. The fourth-order valence-corrected chi connectivity index (χ4v) is 2.27. The fraction of sp³-hybridized carbons (Fsp3) is 0.500. The highest BCUT2D eigenvalue weighted by atomic mass is 19.2. The Hall–Kier alpha value is -1.65. The molecule has 1 fully saturated rings. The highest BCUT2D eigenvalue weighted by Gasteiger charge is 2.21. The van der Waals surface area contributed by atoms with Crippen LogP contribution in [0.5, 0.6) is 0 Å². The summed E-state index contributed by atoms with van der Waals surface area (Å²) in [5, 5.41) is 0. The topological polar surface area (TPSA) is 23.6 Å². The van der Waals surface area contributed by atoms with Crippen LogP contribution in [0, 0.1) is 11.6 Å². The van der Waals surface area contributed by atoms with E-state index in [1.807, 2.05) is 16.7 Å². The van der Waals surface area contributed by atoms with Crippen molar-refractivity contribution >= 4 is 11.6 Å². The first-order valence-corrected chi connectivity index (χ1v) is 6.59. The summed E-state index contributed by atoms with van der Waals surface area (Å²) in [5.41, 5.74) is 0.668. The second-order valence-electron chi connectivity index (χ2n) is 4.72. The Labute approximate surface area is 111 Å². The molecule has 0 bridgehead atoms. The van der Waals surface area contributed by atoms with Crippen LogP contribution in [0.4, 0.5) is 14.5 Å². The Morgan fingerprint density at radius 2 is 1.84 bits per heavy atom. The molecule has 0 saturated carbocycles. The van der Waals surface area contributed by atoms with E-state index in [4.69, 9.17) is 0 Å². The van der Waals surface area contributed by atoms with Gasteiger partial charge >= 0.3 is 0 Å². The average molecular weight is 268 g/mol. The van der Waals surface area contributed by atoms with Gasteiger partial charge in [-0.2, -0.15) is 0 Å². The summed E-state index contributed by atoms with van der Waals surface area (Å²) >= 11 is 0. The fourth-order valence-electron chi connectivity index (χ4n) is 2.27. The molecule has 1 saturated heterocycles. The Bertz CT molecular complexity index is 457. The van der Waals surface area contributed by atoms with E-state index in [1.54, 1.807) is 6.07 Å². The van der Waals surface area contributed by atoms with Gasteiger partial charge in [0.1, 0.15) is 0 Å². The van der Waals surface area contributed by atoms with E-state index in [1.165, 1.54) is 6.07 Å². The number of piperazine rings is 1. The van der Waals surface area contributed by atoms with E-state index in [0.29, 0.717) is 38.3 Å². The van der Waals surface area contributed by atoms with Crippen molar-refractivity contribution in [1.82, 2.24) is 4.90 Å². The molecule has 0 N–H and O–H groups in total. The van der Waals surface area contributed by atoms with Gasteiger partial charge in [0, 0.05) is 44.4 Å². The molecule has 1 heterocycles. The highest BCUT2D eigenvalue weighted by Crippen LogP contribution is 2.19. The summed E-state index contributed by atoms with van der Waals surface area (Å²) in [4.78, 5) is 15.5. The number of benzene rings is 1. The maximum atomic E-state index is 13.2. The molecule has 1 aliphatic rings. The van der Waals surface area contributed by atoms with Gasteiger partial charge in [-0.25, -0.2) is 8.78 Å². The van der Waals surface area contributed by atoms with Crippen LogP contribution in [0.1, 0.15) is 19.8 Å². The number of halogens is 2. The number of amides is 1. The van der Waals surface area contributed by atoms with Crippen molar-refractivity contribution in [2.75, 3.05) is 31.1 Å². The van der Waals surface area contributed by atoms with Gasteiger partial charge in [-0.15, -0.1) is 0 Å². The zero-order valence-corrected chi connectivity index (χ0v) is 11.0. The van der Waals surface area contributed by atoms with Crippen molar-refractivity contribution < 1.29 is 13.6 Å². The summed E-state index contributed by atoms with van der Waals surface area (Å²) in [7, 11) is 0. The zero-order valence-electron chi connectivity index (χ0n) is 11.0. The summed E-state index contributed by atoms with van der Waals surface area (Å²) < 4.78 is 26.0. The lowest BCUT2D eigenvalue weighted by Gasteiger charge is -2.36. The van der Waals surface area contributed by atoms with Crippen molar-refractivity contribution in [2.45, 2.75) is 19.8 Å². The monoisotopic (exact) mass is 268 g/mol. The Morgan fingerprint density at radius 3 is 2.42 bits per heavy atom. The van der Waals surface area contributed by atoms with Crippen molar-refractivity contribution in [2.24, 2.45) is 0 Å². The summed E-state index contributed by atoms with van der Waals surface area (Å²) in [6.07, 6.45) is 1.42. The Kier molecular flexibility index (Phi) is 4.35. The van der Waals surface area contributed by atoms with E-state index in [9.17, 15) is 13.6 Å². The SMILES string of the molecule is CCCC(=O)N1CCN(c2ccc(F)c(F)c2)CC1. The molecule has 19 heavy (non-hydrogen) atoms. The predicted molar refractivity (Wildman–Crippen MR) is 70.1 cm³/mol. The minimum Gasteiger partial charge on any atom is -0.368 e. The normalized spacial score (nSPS) is 15.7. The van der Waals surface area contributed by atoms with Gasteiger partial charge < -0.3 is 9.80 Å². The summed E-state index contributed by atoms with van der Waals surface area (Å²) in [5.74, 6) is -1.49. The smallest absolute Gasteiger partial charge is 0.222 e. The lowest BCUT2D eigenvalue weighted by atomic mass is 10.2. The number of anilines is 1.